The largest absolute Gasteiger partial charge is 0.292 e. The highest BCUT2D eigenvalue weighted by Gasteiger charge is 2.19. The fourth-order valence-corrected chi connectivity index (χ4v) is 7.09. The van der Waals surface area contributed by atoms with Crippen LogP contribution in [0.2, 0.25) is 0 Å². The maximum Gasteiger partial charge on any atom is 0.145 e. The Morgan fingerprint density at radius 2 is 0.894 bits per heavy atom. The van der Waals surface area contributed by atoms with Crippen LogP contribution in [0.15, 0.2) is 182 Å². The Labute approximate surface area is 273 Å². The van der Waals surface area contributed by atoms with Crippen molar-refractivity contribution in [1.29, 1.82) is 0 Å². The van der Waals surface area contributed by atoms with Crippen LogP contribution in [-0.2, 0) is 0 Å². The second-order valence-electron chi connectivity index (χ2n) is 12.0. The molecule has 2 heteroatoms. The van der Waals surface area contributed by atoms with Crippen LogP contribution in [0.25, 0.3) is 83.0 Å². The Balaban J connectivity index is 1.34. The third kappa shape index (κ3) is 4.62. The molecule has 0 N–H and O–H groups in total. The van der Waals surface area contributed by atoms with Gasteiger partial charge in [-0.1, -0.05) is 146 Å². The summed E-state index contributed by atoms with van der Waals surface area (Å²) in [5.41, 5.74) is 11.6. The van der Waals surface area contributed by atoms with E-state index in [1.807, 2.05) is 0 Å². The molecule has 0 saturated heterocycles. The first-order valence-electron chi connectivity index (χ1n) is 16.1. The second-order valence-corrected chi connectivity index (χ2v) is 12.0. The molecule has 1 aromatic heterocycles. The molecule has 0 aliphatic heterocycles. The summed E-state index contributed by atoms with van der Waals surface area (Å²) in [5.74, 6) is 0.931. The SMILES string of the molecule is c1ccc(-c2ccc3c(-c4cccc(-c5nc6ccccc6n5-c5ccccc5)c4)c4ccccc4c(-c4ccccc4)c3c2)cc1. The van der Waals surface area contributed by atoms with Gasteiger partial charge in [-0.3, -0.25) is 4.57 Å². The van der Waals surface area contributed by atoms with Crippen LogP contribution in [0.3, 0.4) is 0 Å². The van der Waals surface area contributed by atoms with Crippen LogP contribution in [-0.4, -0.2) is 9.55 Å². The smallest absolute Gasteiger partial charge is 0.145 e. The molecule has 0 aliphatic carbocycles. The maximum absolute atomic E-state index is 5.18. The highest BCUT2D eigenvalue weighted by atomic mass is 15.1. The lowest BCUT2D eigenvalue weighted by atomic mass is 9.84. The van der Waals surface area contributed by atoms with Gasteiger partial charge in [-0.25, -0.2) is 4.98 Å². The molecule has 2 nitrogen and oxygen atoms in total. The summed E-state index contributed by atoms with van der Waals surface area (Å²) in [5, 5.41) is 4.96. The topological polar surface area (TPSA) is 17.8 Å². The fourth-order valence-electron chi connectivity index (χ4n) is 7.09. The molecular formula is C45H30N2. The van der Waals surface area contributed by atoms with Crippen LogP contribution >= 0.6 is 0 Å². The number of benzene rings is 8. The van der Waals surface area contributed by atoms with Crippen molar-refractivity contribution in [3.05, 3.63) is 182 Å². The minimum atomic E-state index is 0.931. The summed E-state index contributed by atoms with van der Waals surface area (Å²) in [6.07, 6.45) is 0. The number of fused-ring (bicyclic) bond motifs is 3. The van der Waals surface area contributed by atoms with Crippen molar-refractivity contribution in [2.45, 2.75) is 0 Å². The molecule has 0 unspecified atom stereocenters. The molecule has 1 heterocycles. The first kappa shape index (κ1) is 27.1. The molecular weight excluding hydrogens is 569 g/mol. The third-order valence-electron chi connectivity index (χ3n) is 9.18. The van der Waals surface area contributed by atoms with Crippen LogP contribution in [0.4, 0.5) is 0 Å². The number of hydrogen-bond acceptors (Lipinski definition) is 1. The lowest BCUT2D eigenvalue weighted by Crippen LogP contribution is -1.97. The van der Waals surface area contributed by atoms with Crippen molar-refractivity contribution < 1.29 is 0 Å². The number of imidazole rings is 1. The number of aromatic nitrogens is 2. The minimum Gasteiger partial charge on any atom is -0.292 e. The van der Waals surface area contributed by atoms with Gasteiger partial charge in [0.25, 0.3) is 0 Å². The Bertz CT molecular complexity index is 2550. The zero-order valence-electron chi connectivity index (χ0n) is 25.7. The van der Waals surface area contributed by atoms with E-state index in [0.29, 0.717) is 0 Å². The molecule has 9 aromatic rings. The van der Waals surface area contributed by atoms with Gasteiger partial charge in [0.15, 0.2) is 0 Å². The minimum absolute atomic E-state index is 0.931. The van der Waals surface area contributed by atoms with E-state index >= 15 is 0 Å². The van der Waals surface area contributed by atoms with Crippen molar-refractivity contribution in [2.75, 3.05) is 0 Å². The molecule has 9 rings (SSSR count). The van der Waals surface area contributed by atoms with Gasteiger partial charge in [0.2, 0.25) is 0 Å². The van der Waals surface area contributed by atoms with E-state index in [1.165, 1.54) is 54.9 Å². The average molecular weight is 599 g/mol. The summed E-state index contributed by atoms with van der Waals surface area (Å²) in [6.45, 7) is 0. The molecule has 0 saturated carbocycles. The van der Waals surface area contributed by atoms with Crippen LogP contribution in [0.1, 0.15) is 0 Å². The standard InChI is InChI=1S/C45H30N2/c1-4-15-31(16-5-1)33-27-28-39-40(30-33)43(32-17-6-2-7-18-32)37-23-10-11-24-38(37)44(39)34-19-14-20-35(29-34)45-46-41-25-12-13-26-42(41)47(45)36-21-8-3-9-22-36/h1-30H. The molecule has 0 radical (unpaired) electrons. The Hall–Kier alpha value is -6.25. The van der Waals surface area contributed by atoms with Gasteiger partial charge in [0.05, 0.1) is 11.0 Å². The summed E-state index contributed by atoms with van der Waals surface area (Å²) in [4.78, 5) is 5.18. The van der Waals surface area contributed by atoms with Crippen LogP contribution in [0, 0.1) is 0 Å². The van der Waals surface area contributed by atoms with Crippen molar-refractivity contribution in [1.82, 2.24) is 9.55 Å². The molecule has 0 spiro atoms. The first-order chi connectivity index (χ1) is 23.3. The van der Waals surface area contributed by atoms with Crippen molar-refractivity contribution in [2.24, 2.45) is 0 Å². The van der Waals surface area contributed by atoms with E-state index in [4.69, 9.17) is 4.98 Å². The normalized spacial score (nSPS) is 11.4. The van der Waals surface area contributed by atoms with Gasteiger partial charge in [-0.05, 0) is 91.3 Å². The predicted octanol–water partition coefficient (Wildman–Crippen LogP) is 12.0. The highest BCUT2D eigenvalue weighted by Crippen LogP contribution is 2.45. The second kappa shape index (κ2) is 11.3. The van der Waals surface area contributed by atoms with Gasteiger partial charge in [-0.15, -0.1) is 0 Å². The Morgan fingerprint density at radius 1 is 0.340 bits per heavy atom. The van der Waals surface area contributed by atoms with Gasteiger partial charge in [0, 0.05) is 11.3 Å². The summed E-state index contributed by atoms with van der Waals surface area (Å²) in [7, 11) is 0. The van der Waals surface area contributed by atoms with E-state index in [0.717, 1.165) is 28.1 Å². The highest BCUT2D eigenvalue weighted by molar-refractivity contribution is 6.22. The maximum atomic E-state index is 5.18. The number of hydrogen-bond donors (Lipinski definition) is 0. The van der Waals surface area contributed by atoms with Gasteiger partial charge < -0.3 is 0 Å². The Morgan fingerprint density at radius 3 is 1.64 bits per heavy atom. The quantitative estimate of drug-likeness (QED) is 0.180. The van der Waals surface area contributed by atoms with E-state index in [1.54, 1.807) is 0 Å². The average Bonchev–Trinajstić information content (AvgIpc) is 3.54. The number of rotatable bonds is 5. The molecule has 8 aromatic carbocycles. The van der Waals surface area contributed by atoms with E-state index in [-0.39, 0.29) is 0 Å². The summed E-state index contributed by atoms with van der Waals surface area (Å²) in [6, 6.07) is 65.1. The van der Waals surface area contributed by atoms with Gasteiger partial charge in [-0.2, -0.15) is 0 Å². The predicted molar refractivity (Wildman–Crippen MR) is 198 cm³/mol. The summed E-state index contributed by atoms with van der Waals surface area (Å²) < 4.78 is 2.27. The van der Waals surface area contributed by atoms with Crippen LogP contribution < -0.4 is 0 Å². The zero-order chi connectivity index (χ0) is 31.2. The molecule has 47 heavy (non-hydrogen) atoms. The third-order valence-corrected chi connectivity index (χ3v) is 9.18. The molecule has 0 atom stereocenters. The van der Waals surface area contributed by atoms with Crippen LogP contribution in [0.5, 0.6) is 0 Å². The zero-order valence-corrected chi connectivity index (χ0v) is 25.7. The molecule has 220 valence electrons. The van der Waals surface area contributed by atoms with Crippen molar-refractivity contribution in [3.63, 3.8) is 0 Å². The van der Waals surface area contributed by atoms with Crippen molar-refractivity contribution in [3.8, 4) is 50.5 Å². The van der Waals surface area contributed by atoms with E-state index < -0.39 is 0 Å². The molecule has 0 fully saturated rings. The van der Waals surface area contributed by atoms with Gasteiger partial charge in [0.1, 0.15) is 5.82 Å². The van der Waals surface area contributed by atoms with Gasteiger partial charge >= 0.3 is 0 Å². The van der Waals surface area contributed by atoms with Crippen molar-refractivity contribution >= 4 is 32.6 Å². The number of para-hydroxylation sites is 3. The summed E-state index contributed by atoms with van der Waals surface area (Å²) >= 11 is 0. The fraction of sp³-hybridized carbons (Fsp3) is 0. The lowest BCUT2D eigenvalue weighted by Gasteiger charge is -2.19. The van der Waals surface area contributed by atoms with E-state index in [9.17, 15) is 0 Å². The molecule has 0 aliphatic rings. The number of nitrogens with zero attached hydrogens (tertiary/aromatic N) is 2. The Kier molecular flexibility index (Phi) is 6.50. The van der Waals surface area contributed by atoms with E-state index in [2.05, 4.69) is 187 Å². The lowest BCUT2D eigenvalue weighted by molar-refractivity contribution is 1.10. The molecule has 0 amide bonds. The monoisotopic (exact) mass is 598 g/mol. The first-order valence-corrected chi connectivity index (χ1v) is 16.1. The molecule has 0 bridgehead atoms.